The highest BCUT2D eigenvalue weighted by Crippen LogP contribution is 2.30. The molecule has 2 amide bonds. The molecule has 0 saturated carbocycles. The third kappa shape index (κ3) is 5.68. The second-order valence-corrected chi connectivity index (χ2v) is 9.26. The van der Waals surface area contributed by atoms with E-state index in [0.29, 0.717) is 30.6 Å². The number of aliphatic hydroxyl groups is 1. The number of aliphatic hydroxyl groups excluding tert-OH is 1. The molecule has 3 atom stereocenters. The highest BCUT2D eigenvalue weighted by molar-refractivity contribution is 5.98. The van der Waals surface area contributed by atoms with E-state index < -0.39 is 12.1 Å². The fraction of sp³-hybridized carbons (Fsp3) is 0.370. The van der Waals surface area contributed by atoms with Crippen molar-refractivity contribution >= 4 is 11.8 Å². The Hall–Kier alpha value is -3.85. The summed E-state index contributed by atoms with van der Waals surface area (Å²) in [6, 6.07) is 10.9. The van der Waals surface area contributed by atoms with Crippen LogP contribution in [-0.2, 0) is 11.2 Å². The lowest BCUT2D eigenvalue weighted by molar-refractivity contribution is -0.130. The van der Waals surface area contributed by atoms with Crippen molar-refractivity contribution in [1.82, 2.24) is 24.8 Å². The molecule has 3 aromatic rings. The van der Waals surface area contributed by atoms with E-state index in [0.717, 1.165) is 11.1 Å². The van der Waals surface area contributed by atoms with E-state index in [2.05, 4.69) is 15.0 Å². The van der Waals surface area contributed by atoms with Crippen molar-refractivity contribution in [2.75, 3.05) is 26.7 Å². The minimum atomic E-state index is -0.409. The maximum Gasteiger partial charge on any atom is 0.259 e. The molecule has 1 aliphatic heterocycles. The Bertz CT molecular complexity index is 1190. The predicted octanol–water partition coefficient (Wildman–Crippen LogP) is 2.46. The molecule has 0 spiro atoms. The summed E-state index contributed by atoms with van der Waals surface area (Å²) in [5.41, 5.74) is 2.65. The number of amides is 2. The zero-order valence-corrected chi connectivity index (χ0v) is 20.7. The van der Waals surface area contributed by atoms with Crippen LogP contribution in [0, 0.1) is 5.92 Å². The average Bonchev–Trinajstić information content (AvgIpc) is 2.91. The molecule has 3 heterocycles. The molecule has 2 aromatic heterocycles. The van der Waals surface area contributed by atoms with Crippen molar-refractivity contribution in [3.63, 3.8) is 0 Å². The van der Waals surface area contributed by atoms with E-state index >= 15 is 0 Å². The highest BCUT2D eigenvalue weighted by atomic mass is 16.5. The van der Waals surface area contributed by atoms with Gasteiger partial charge in [-0.15, -0.1) is 0 Å². The molecular weight excluding hydrogens is 458 g/mol. The summed E-state index contributed by atoms with van der Waals surface area (Å²) in [6.07, 6.45) is 6.24. The van der Waals surface area contributed by atoms with E-state index in [-0.39, 0.29) is 30.2 Å². The van der Waals surface area contributed by atoms with E-state index in [1.807, 2.05) is 37.3 Å². The van der Waals surface area contributed by atoms with E-state index in [1.165, 1.54) is 6.33 Å². The molecule has 1 aromatic carbocycles. The third-order valence-electron chi connectivity index (χ3n) is 6.49. The summed E-state index contributed by atoms with van der Waals surface area (Å²) < 4.78 is 6.30. The molecule has 0 saturated heterocycles. The SMILES string of the molecule is C[C@@H]1CN([C@H](C)CO)C(=O)c2cc(-c3cncnc3)cnc2O[C@H]1CN(C)C(=O)Cc1ccccc1. The van der Waals surface area contributed by atoms with Gasteiger partial charge in [0.15, 0.2) is 0 Å². The van der Waals surface area contributed by atoms with Crippen molar-refractivity contribution in [2.24, 2.45) is 5.92 Å². The molecule has 0 bridgehead atoms. The maximum absolute atomic E-state index is 13.6. The van der Waals surface area contributed by atoms with Crippen LogP contribution in [0.15, 0.2) is 61.3 Å². The largest absolute Gasteiger partial charge is 0.472 e. The second-order valence-electron chi connectivity index (χ2n) is 9.26. The number of nitrogens with zero attached hydrogens (tertiary/aromatic N) is 5. The van der Waals surface area contributed by atoms with Crippen molar-refractivity contribution in [3.8, 4) is 17.0 Å². The molecule has 0 radical (unpaired) electrons. The molecule has 0 fully saturated rings. The fourth-order valence-corrected chi connectivity index (χ4v) is 4.20. The van der Waals surface area contributed by atoms with Gasteiger partial charge in [0.1, 0.15) is 18.0 Å². The number of hydrogen-bond acceptors (Lipinski definition) is 7. The first-order valence-electron chi connectivity index (χ1n) is 12.0. The predicted molar refractivity (Wildman–Crippen MR) is 134 cm³/mol. The Labute approximate surface area is 210 Å². The number of ether oxygens (including phenoxy) is 1. The Kier molecular flexibility index (Phi) is 7.90. The van der Waals surface area contributed by atoms with Crippen molar-refractivity contribution in [1.29, 1.82) is 0 Å². The van der Waals surface area contributed by atoms with E-state index in [1.54, 1.807) is 48.4 Å². The van der Waals surface area contributed by atoms with Gasteiger partial charge in [0.05, 0.1) is 25.6 Å². The summed E-state index contributed by atoms with van der Waals surface area (Å²) in [6.45, 7) is 4.31. The van der Waals surface area contributed by atoms with E-state index in [4.69, 9.17) is 4.74 Å². The molecule has 9 heteroatoms. The van der Waals surface area contributed by atoms with Gasteiger partial charge in [-0.3, -0.25) is 9.59 Å². The smallest absolute Gasteiger partial charge is 0.259 e. The molecule has 9 nitrogen and oxygen atoms in total. The van der Waals surface area contributed by atoms with Crippen LogP contribution >= 0.6 is 0 Å². The van der Waals surface area contributed by atoms with Gasteiger partial charge in [0, 0.05) is 49.2 Å². The Morgan fingerprint density at radius 3 is 2.61 bits per heavy atom. The summed E-state index contributed by atoms with van der Waals surface area (Å²) in [7, 11) is 1.76. The molecule has 0 aliphatic carbocycles. The quantitative estimate of drug-likeness (QED) is 0.543. The lowest BCUT2D eigenvalue weighted by Gasteiger charge is -2.37. The van der Waals surface area contributed by atoms with Crippen LogP contribution in [0.1, 0.15) is 29.8 Å². The molecule has 36 heavy (non-hydrogen) atoms. The van der Waals surface area contributed by atoms with Crippen LogP contribution in [-0.4, -0.2) is 80.6 Å². The van der Waals surface area contributed by atoms with E-state index in [9.17, 15) is 14.7 Å². The third-order valence-corrected chi connectivity index (χ3v) is 6.49. The minimum absolute atomic E-state index is 0.0247. The standard InChI is InChI=1S/C27H31N5O4/c1-18-14-32(19(2)16-33)27(35)23-10-21(22-11-28-17-29-12-22)13-30-26(23)36-24(18)15-31(3)25(34)9-20-7-5-4-6-8-20/h4-8,10-13,17-19,24,33H,9,14-16H2,1-3H3/t18-,19-,24+/m1/s1. The van der Waals surface area contributed by atoms with Crippen molar-refractivity contribution in [3.05, 3.63) is 72.4 Å². The van der Waals surface area contributed by atoms with Crippen LogP contribution in [0.25, 0.3) is 11.1 Å². The van der Waals surface area contributed by atoms with Crippen LogP contribution in [0.5, 0.6) is 5.88 Å². The van der Waals surface area contributed by atoms with Crippen molar-refractivity contribution < 1.29 is 19.4 Å². The first kappa shape index (κ1) is 25.2. The number of fused-ring (bicyclic) bond motifs is 1. The lowest BCUT2D eigenvalue weighted by Crippen LogP contribution is -2.50. The normalized spacial score (nSPS) is 18.4. The molecular formula is C27H31N5O4. The first-order valence-corrected chi connectivity index (χ1v) is 12.0. The zero-order chi connectivity index (χ0) is 25.7. The zero-order valence-electron chi connectivity index (χ0n) is 20.7. The Morgan fingerprint density at radius 2 is 1.92 bits per heavy atom. The second kappa shape index (κ2) is 11.3. The number of pyridine rings is 1. The van der Waals surface area contributed by atoms with Crippen LogP contribution in [0.2, 0.25) is 0 Å². The van der Waals surface area contributed by atoms with Gasteiger partial charge in [-0.05, 0) is 18.6 Å². The monoisotopic (exact) mass is 489 g/mol. The molecule has 0 unspecified atom stereocenters. The number of carbonyl (C=O) groups excluding carboxylic acids is 2. The summed E-state index contributed by atoms with van der Waals surface area (Å²) >= 11 is 0. The molecule has 1 N–H and O–H groups in total. The summed E-state index contributed by atoms with van der Waals surface area (Å²) in [5.74, 6) is -0.205. The van der Waals surface area contributed by atoms with Crippen molar-refractivity contribution in [2.45, 2.75) is 32.4 Å². The van der Waals surface area contributed by atoms with Gasteiger partial charge in [-0.25, -0.2) is 15.0 Å². The Morgan fingerprint density at radius 1 is 1.19 bits per heavy atom. The number of rotatable bonds is 7. The van der Waals surface area contributed by atoms with Gasteiger partial charge in [0.25, 0.3) is 5.91 Å². The summed E-state index contributed by atoms with van der Waals surface area (Å²) in [5, 5.41) is 9.85. The number of aromatic nitrogens is 3. The topological polar surface area (TPSA) is 109 Å². The van der Waals surface area contributed by atoms with Gasteiger partial charge in [-0.1, -0.05) is 37.3 Å². The maximum atomic E-state index is 13.6. The number of likely N-dealkylation sites (N-methyl/N-ethyl adjacent to an activating group) is 1. The average molecular weight is 490 g/mol. The van der Waals surface area contributed by atoms with Crippen LogP contribution in [0.4, 0.5) is 0 Å². The van der Waals surface area contributed by atoms with Crippen LogP contribution < -0.4 is 4.74 Å². The number of carbonyl (C=O) groups is 2. The number of hydrogen-bond donors (Lipinski definition) is 1. The van der Waals surface area contributed by atoms with Gasteiger partial charge in [0.2, 0.25) is 11.8 Å². The molecule has 1 aliphatic rings. The summed E-state index contributed by atoms with van der Waals surface area (Å²) in [4.78, 5) is 42.4. The van der Waals surface area contributed by atoms with Crippen LogP contribution in [0.3, 0.4) is 0 Å². The fourth-order valence-electron chi connectivity index (χ4n) is 4.20. The minimum Gasteiger partial charge on any atom is -0.472 e. The van der Waals surface area contributed by atoms with Gasteiger partial charge < -0.3 is 19.6 Å². The number of benzene rings is 1. The van der Waals surface area contributed by atoms with Gasteiger partial charge >= 0.3 is 0 Å². The van der Waals surface area contributed by atoms with Gasteiger partial charge in [-0.2, -0.15) is 0 Å². The lowest BCUT2D eigenvalue weighted by atomic mass is 9.99. The highest BCUT2D eigenvalue weighted by Gasteiger charge is 2.34. The first-order chi connectivity index (χ1) is 17.4. The molecule has 188 valence electrons. The Balaban J connectivity index is 1.62. The molecule has 4 rings (SSSR count).